The van der Waals surface area contributed by atoms with Crippen molar-refractivity contribution in [1.29, 1.82) is 0 Å². The summed E-state index contributed by atoms with van der Waals surface area (Å²) < 4.78 is 0. The molecule has 2 atom stereocenters. The third kappa shape index (κ3) is 1.85. The number of hydrazone groups is 1. The van der Waals surface area contributed by atoms with Crippen LogP contribution in [0.3, 0.4) is 0 Å². The lowest BCUT2D eigenvalue weighted by molar-refractivity contribution is -0.123. The molecule has 2 bridgehead atoms. The van der Waals surface area contributed by atoms with Gasteiger partial charge in [-0.15, -0.1) is 0 Å². The number of carbonyl (C=O) groups excluding carboxylic acids is 2. The normalized spacial score (nSPS) is 31.7. The van der Waals surface area contributed by atoms with E-state index in [1.54, 1.807) is 24.3 Å². The molecule has 2 saturated carbocycles. The molecule has 4 nitrogen and oxygen atoms in total. The molecule has 0 saturated heterocycles. The Hall–Kier alpha value is -1.97. The molecule has 0 radical (unpaired) electrons. The molecule has 1 N–H and O–H groups in total. The number of carbonyl (C=O) groups is 2. The highest BCUT2D eigenvalue weighted by atomic mass is 16.2. The first-order valence-corrected chi connectivity index (χ1v) is 7.36. The van der Waals surface area contributed by atoms with Crippen molar-refractivity contribution in [3.63, 3.8) is 0 Å². The maximum absolute atomic E-state index is 12.6. The van der Waals surface area contributed by atoms with Gasteiger partial charge in [0.2, 0.25) is 0 Å². The van der Waals surface area contributed by atoms with Crippen LogP contribution in [0.4, 0.5) is 0 Å². The summed E-state index contributed by atoms with van der Waals surface area (Å²) in [5.41, 5.74) is 3.20. The fourth-order valence-electron chi connectivity index (χ4n) is 3.72. The lowest BCUT2D eigenvalue weighted by Gasteiger charge is -2.31. The average molecular weight is 284 g/mol. The summed E-state index contributed by atoms with van der Waals surface area (Å²) in [6, 6.07) is 8.90. The number of fused-ring (bicyclic) bond motifs is 2. The molecule has 2 aliphatic rings. The molecule has 4 heteroatoms. The van der Waals surface area contributed by atoms with Gasteiger partial charge in [0.05, 0.1) is 0 Å². The zero-order valence-electron chi connectivity index (χ0n) is 12.6. The van der Waals surface area contributed by atoms with E-state index in [1.165, 1.54) is 0 Å². The second-order valence-electron chi connectivity index (χ2n) is 6.78. The number of hydrogen-bond acceptors (Lipinski definition) is 3. The van der Waals surface area contributed by atoms with E-state index in [2.05, 4.69) is 24.4 Å². The number of hydrogen-bond donors (Lipinski definition) is 1. The molecular weight excluding hydrogens is 264 g/mol. The number of rotatable bonds is 2. The van der Waals surface area contributed by atoms with E-state index in [-0.39, 0.29) is 28.4 Å². The van der Waals surface area contributed by atoms with Crippen molar-refractivity contribution in [2.24, 2.45) is 21.8 Å². The van der Waals surface area contributed by atoms with Crippen LogP contribution >= 0.6 is 0 Å². The summed E-state index contributed by atoms with van der Waals surface area (Å²) in [4.78, 5) is 24.6. The van der Waals surface area contributed by atoms with E-state index >= 15 is 0 Å². The van der Waals surface area contributed by atoms with Gasteiger partial charge in [-0.1, -0.05) is 39.0 Å². The van der Waals surface area contributed by atoms with E-state index in [1.807, 2.05) is 13.0 Å². The Morgan fingerprint density at radius 3 is 2.48 bits per heavy atom. The molecule has 1 aromatic carbocycles. The molecule has 2 fully saturated rings. The molecule has 0 spiro atoms. The van der Waals surface area contributed by atoms with Gasteiger partial charge in [0.15, 0.2) is 5.78 Å². The van der Waals surface area contributed by atoms with Crippen LogP contribution in [0, 0.1) is 16.7 Å². The van der Waals surface area contributed by atoms with Crippen LogP contribution in [0.1, 0.15) is 44.0 Å². The van der Waals surface area contributed by atoms with Gasteiger partial charge >= 0.3 is 0 Å². The van der Waals surface area contributed by atoms with Crippen molar-refractivity contribution in [2.45, 2.75) is 33.6 Å². The lowest BCUT2D eigenvalue weighted by Crippen LogP contribution is -2.34. The summed E-state index contributed by atoms with van der Waals surface area (Å²) in [7, 11) is 0. The molecular formula is C17H20N2O2. The zero-order chi connectivity index (χ0) is 15.3. The highest BCUT2D eigenvalue weighted by molar-refractivity contribution is 6.45. The number of amides is 1. The van der Waals surface area contributed by atoms with Gasteiger partial charge in [-0.3, -0.25) is 9.59 Å². The molecule has 3 rings (SSSR count). The predicted octanol–water partition coefficient (Wildman–Crippen LogP) is 2.80. The predicted molar refractivity (Wildman–Crippen MR) is 81.0 cm³/mol. The Balaban J connectivity index is 1.83. The van der Waals surface area contributed by atoms with Gasteiger partial charge in [-0.05, 0) is 30.4 Å². The maximum atomic E-state index is 12.6. The van der Waals surface area contributed by atoms with Gasteiger partial charge < -0.3 is 0 Å². The summed E-state index contributed by atoms with van der Waals surface area (Å²) in [5, 5.41) is 4.17. The molecule has 0 unspecified atom stereocenters. The third-order valence-electron chi connectivity index (χ3n) is 5.60. The Morgan fingerprint density at radius 1 is 1.24 bits per heavy atom. The van der Waals surface area contributed by atoms with Crippen LogP contribution in [0.5, 0.6) is 0 Å². The first-order chi connectivity index (χ1) is 9.88. The average Bonchev–Trinajstić information content (AvgIpc) is 2.78. The van der Waals surface area contributed by atoms with Crippen LogP contribution in [0.2, 0.25) is 0 Å². The molecule has 0 aliphatic heterocycles. The number of Topliss-reactive ketones (excluding diaryl/α,β-unsaturated/α-hetero) is 1. The molecule has 0 heterocycles. The van der Waals surface area contributed by atoms with Crippen LogP contribution in [0.25, 0.3) is 0 Å². The fraction of sp³-hybridized carbons (Fsp3) is 0.471. The standard InChI is InChI=1S/C17H20N2O2/c1-16(2)12-9-10-17(16,3)14(20)13(12)18-19-15(21)11-7-5-4-6-8-11/h4-8,12H,9-10H2,1-3H3,(H,19,21)/b18-13-/t12-,17-/m0/s1. The monoisotopic (exact) mass is 284 g/mol. The van der Waals surface area contributed by atoms with Crippen molar-refractivity contribution in [2.75, 3.05) is 0 Å². The van der Waals surface area contributed by atoms with Gasteiger partial charge in [-0.25, -0.2) is 5.43 Å². The van der Waals surface area contributed by atoms with E-state index in [0.29, 0.717) is 11.3 Å². The highest BCUT2D eigenvalue weighted by Crippen LogP contribution is 2.62. The summed E-state index contributed by atoms with van der Waals surface area (Å²) in [5.74, 6) is -0.0372. The van der Waals surface area contributed by atoms with Gasteiger partial charge in [0.1, 0.15) is 5.71 Å². The Labute approximate surface area is 124 Å². The first kappa shape index (κ1) is 14.0. The van der Waals surface area contributed by atoms with Crippen molar-refractivity contribution >= 4 is 17.4 Å². The first-order valence-electron chi connectivity index (χ1n) is 7.36. The SMILES string of the molecule is CC1(C)[C@H]2CC[C@@]1(C)C(=O)/C2=N\NC(=O)c1ccccc1. The molecule has 0 aromatic heterocycles. The topological polar surface area (TPSA) is 58.5 Å². The molecule has 2 aliphatic carbocycles. The largest absolute Gasteiger partial charge is 0.292 e. The molecule has 21 heavy (non-hydrogen) atoms. The second-order valence-corrected chi connectivity index (χ2v) is 6.78. The number of ketones is 1. The fourth-order valence-corrected chi connectivity index (χ4v) is 3.72. The zero-order valence-corrected chi connectivity index (χ0v) is 12.6. The smallest absolute Gasteiger partial charge is 0.271 e. The maximum Gasteiger partial charge on any atom is 0.271 e. The van der Waals surface area contributed by atoms with Crippen molar-refractivity contribution in [3.05, 3.63) is 35.9 Å². The van der Waals surface area contributed by atoms with Crippen LogP contribution in [0.15, 0.2) is 35.4 Å². The minimum absolute atomic E-state index is 0.0829. The highest BCUT2D eigenvalue weighted by Gasteiger charge is 2.65. The minimum Gasteiger partial charge on any atom is -0.292 e. The number of benzene rings is 1. The van der Waals surface area contributed by atoms with Crippen LogP contribution in [-0.4, -0.2) is 17.4 Å². The number of nitrogens with one attached hydrogen (secondary N) is 1. The number of nitrogens with zero attached hydrogens (tertiary/aromatic N) is 1. The third-order valence-corrected chi connectivity index (χ3v) is 5.60. The molecule has 1 amide bonds. The van der Waals surface area contributed by atoms with Crippen molar-refractivity contribution in [3.8, 4) is 0 Å². The lowest BCUT2D eigenvalue weighted by atomic mass is 9.70. The van der Waals surface area contributed by atoms with E-state index in [9.17, 15) is 9.59 Å². The van der Waals surface area contributed by atoms with Crippen LogP contribution in [-0.2, 0) is 4.79 Å². The second kappa shape index (κ2) is 4.52. The Kier molecular flexibility index (Phi) is 3.01. The van der Waals surface area contributed by atoms with Crippen molar-refractivity contribution in [1.82, 2.24) is 5.43 Å². The Morgan fingerprint density at radius 2 is 1.90 bits per heavy atom. The van der Waals surface area contributed by atoms with Crippen LogP contribution < -0.4 is 5.43 Å². The summed E-state index contributed by atoms with van der Waals surface area (Å²) in [6.45, 7) is 6.28. The minimum atomic E-state index is -0.339. The quantitative estimate of drug-likeness (QED) is 0.849. The van der Waals surface area contributed by atoms with E-state index in [4.69, 9.17) is 0 Å². The van der Waals surface area contributed by atoms with Crippen molar-refractivity contribution < 1.29 is 9.59 Å². The molecule has 1 aromatic rings. The van der Waals surface area contributed by atoms with Gasteiger partial charge in [-0.2, -0.15) is 5.10 Å². The summed E-state index contributed by atoms with van der Waals surface area (Å²) in [6.07, 6.45) is 1.88. The Bertz CT molecular complexity index is 633. The van der Waals surface area contributed by atoms with Gasteiger partial charge in [0, 0.05) is 16.9 Å². The molecule has 110 valence electrons. The van der Waals surface area contributed by atoms with E-state index in [0.717, 1.165) is 12.8 Å². The van der Waals surface area contributed by atoms with Gasteiger partial charge in [0.25, 0.3) is 5.91 Å². The van der Waals surface area contributed by atoms with E-state index < -0.39 is 0 Å². The summed E-state index contributed by atoms with van der Waals surface area (Å²) >= 11 is 0.